The highest BCUT2D eigenvalue weighted by atomic mass is 16.5. The van der Waals surface area contributed by atoms with E-state index < -0.39 is 5.97 Å². The van der Waals surface area contributed by atoms with Crippen molar-refractivity contribution in [2.45, 2.75) is 193 Å². The lowest BCUT2D eigenvalue weighted by molar-refractivity contribution is -0.137. The molecule has 0 aliphatic rings. The van der Waals surface area contributed by atoms with Crippen LogP contribution in [0.25, 0.3) is 0 Å². The Morgan fingerprint density at radius 2 is 0.821 bits per heavy atom. The molecule has 1 amide bonds. The number of rotatable bonds is 32. The van der Waals surface area contributed by atoms with E-state index in [1.807, 2.05) is 0 Å². The van der Waals surface area contributed by atoms with E-state index >= 15 is 0 Å². The lowest BCUT2D eigenvalue weighted by atomic mass is 10.0. The van der Waals surface area contributed by atoms with Crippen LogP contribution in [0, 0.1) is 0 Å². The number of ether oxygens (including phenoxy) is 1. The molecule has 0 heterocycles. The molecule has 0 aromatic heterocycles. The second kappa shape index (κ2) is 32.9. The Morgan fingerprint density at radius 1 is 0.487 bits per heavy atom. The molecule has 0 spiro atoms. The first-order valence-electron chi connectivity index (χ1n) is 17.3. The van der Waals surface area contributed by atoms with Gasteiger partial charge in [0.25, 0.3) is 0 Å². The van der Waals surface area contributed by atoms with Crippen molar-refractivity contribution in [1.82, 2.24) is 5.32 Å². The Bertz CT molecular complexity index is 511. The molecule has 5 heteroatoms. The van der Waals surface area contributed by atoms with Crippen molar-refractivity contribution >= 4 is 12.1 Å². The van der Waals surface area contributed by atoms with E-state index in [0.29, 0.717) is 19.6 Å². The Balaban J connectivity index is 3.14. The molecule has 0 aromatic carbocycles. The predicted molar refractivity (Wildman–Crippen MR) is 167 cm³/mol. The molecule has 2 N–H and O–H groups in total. The first kappa shape index (κ1) is 37.7. The van der Waals surface area contributed by atoms with E-state index in [0.717, 1.165) is 44.9 Å². The van der Waals surface area contributed by atoms with Crippen molar-refractivity contribution < 1.29 is 19.4 Å². The minimum atomic E-state index is -0.693. The van der Waals surface area contributed by atoms with Crippen LogP contribution >= 0.6 is 0 Å². The lowest BCUT2D eigenvalue weighted by Crippen LogP contribution is -2.25. The van der Waals surface area contributed by atoms with Crippen molar-refractivity contribution in [1.29, 1.82) is 0 Å². The third kappa shape index (κ3) is 34.7. The molecule has 39 heavy (non-hydrogen) atoms. The highest BCUT2D eigenvalue weighted by molar-refractivity contribution is 5.67. The van der Waals surface area contributed by atoms with Gasteiger partial charge in [0.15, 0.2) is 0 Å². The van der Waals surface area contributed by atoms with Crippen LogP contribution in [0.5, 0.6) is 0 Å². The van der Waals surface area contributed by atoms with E-state index in [4.69, 9.17) is 9.84 Å². The minimum absolute atomic E-state index is 0.272. The molecule has 232 valence electrons. The number of carbonyl (C=O) groups is 2. The number of alkyl carbamates (subject to hydrolysis) is 1. The summed E-state index contributed by atoms with van der Waals surface area (Å²) >= 11 is 0. The minimum Gasteiger partial charge on any atom is -0.481 e. The maximum atomic E-state index is 11.8. The number of unbranched alkanes of at least 4 members (excludes halogenated alkanes) is 26. The molecule has 0 fully saturated rings. The van der Waals surface area contributed by atoms with Crippen molar-refractivity contribution in [2.24, 2.45) is 0 Å². The van der Waals surface area contributed by atoms with E-state index in [1.165, 1.54) is 135 Å². The van der Waals surface area contributed by atoms with Gasteiger partial charge in [-0.15, -0.1) is 0 Å². The fourth-order valence-electron chi connectivity index (χ4n) is 5.23. The highest BCUT2D eigenvalue weighted by Gasteiger charge is 2.01. The van der Waals surface area contributed by atoms with Gasteiger partial charge in [-0.25, -0.2) is 4.79 Å². The topological polar surface area (TPSA) is 75.6 Å². The zero-order valence-corrected chi connectivity index (χ0v) is 26.1. The second-order valence-corrected chi connectivity index (χ2v) is 11.8. The maximum absolute atomic E-state index is 11.8. The van der Waals surface area contributed by atoms with Crippen LogP contribution in [0.2, 0.25) is 0 Å². The number of carbonyl (C=O) groups excluding carboxylic acids is 1. The van der Waals surface area contributed by atoms with Gasteiger partial charge in [-0.2, -0.15) is 0 Å². The molecule has 0 aliphatic heterocycles. The Labute approximate surface area is 243 Å². The average molecular weight is 554 g/mol. The number of hydrogen-bond donors (Lipinski definition) is 2. The molecule has 0 unspecified atom stereocenters. The van der Waals surface area contributed by atoms with E-state index in [9.17, 15) is 9.59 Å². The molecule has 0 saturated carbocycles. The molecular formula is C34H67NO4. The van der Waals surface area contributed by atoms with Crippen LogP contribution in [0.15, 0.2) is 0 Å². The first-order valence-corrected chi connectivity index (χ1v) is 17.3. The zero-order valence-electron chi connectivity index (χ0n) is 26.1. The Morgan fingerprint density at radius 3 is 1.21 bits per heavy atom. The third-order valence-corrected chi connectivity index (χ3v) is 7.82. The van der Waals surface area contributed by atoms with Crippen LogP contribution in [0.3, 0.4) is 0 Å². The Kier molecular flexibility index (Phi) is 31.9. The standard InChI is InChI=1S/C34H67NO4/c1-2-3-4-5-6-7-8-9-10-11-12-13-14-15-16-17-20-23-26-29-32-39-34(38)35-31-28-25-22-19-18-21-24-27-30-33(36)37/h2-32H2,1H3,(H,35,38)(H,36,37). The van der Waals surface area contributed by atoms with Gasteiger partial charge >= 0.3 is 12.1 Å². The van der Waals surface area contributed by atoms with Crippen molar-refractivity contribution in [2.75, 3.05) is 13.2 Å². The normalized spacial score (nSPS) is 11.1. The van der Waals surface area contributed by atoms with Gasteiger partial charge in [0, 0.05) is 13.0 Å². The molecule has 0 radical (unpaired) electrons. The summed E-state index contributed by atoms with van der Waals surface area (Å²) in [6, 6.07) is 0. The average Bonchev–Trinajstić information content (AvgIpc) is 2.92. The van der Waals surface area contributed by atoms with Gasteiger partial charge in [-0.3, -0.25) is 4.79 Å². The molecule has 5 nitrogen and oxygen atoms in total. The molecule has 0 atom stereocenters. The number of nitrogens with one attached hydrogen (secondary N) is 1. The largest absolute Gasteiger partial charge is 0.481 e. The van der Waals surface area contributed by atoms with E-state index in [2.05, 4.69) is 12.2 Å². The number of amides is 1. The summed E-state index contributed by atoms with van der Waals surface area (Å²) < 4.78 is 5.29. The van der Waals surface area contributed by atoms with E-state index in [-0.39, 0.29) is 6.09 Å². The fraction of sp³-hybridized carbons (Fsp3) is 0.941. The molecule has 0 aromatic rings. The number of carboxylic acids is 1. The summed E-state index contributed by atoms with van der Waals surface area (Å²) in [5.74, 6) is -0.693. The monoisotopic (exact) mass is 554 g/mol. The van der Waals surface area contributed by atoms with Gasteiger partial charge in [0.05, 0.1) is 6.61 Å². The molecule has 0 rings (SSSR count). The molecule has 0 saturated heterocycles. The summed E-state index contributed by atoms with van der Waals surface area (Å²) in [6.07, 6.45) is 36.1. The number of aliphatic carboxylic acids is 1. The number of hydrogen-bond acceptors (Lipinski definition) is 3. The van der Waals surface area contributed by atoms with Crippen LogP contribution in [-0.4, -0.2) is 30.3 Å². The molecular weight excluding hydrogens is 486 g/mol. The predicted octanol–water partition coefficient (Wildman–Crippen LogP) is 11.1. The van der Waals surface area contributed by atoms with Crippen molar-refractivity contribution in [3.05, 3.63) is 0 Å². The number of carboxylic acid groups (broad SMARTS) is 1. The fourth-order valence-corrected chi connectivity index (χ4v) is 5.23. The molecule has 0 bridgehead atoms. The summed E-state index contributed by atoms with van der Waals surface area (Å²) in [6.45, 7) is 3.51. The summed E-state index contributed by atoms with van der Waals surface area (Å²) in [7, 11) is 0. The summed E-state index contributed by atoms with van der Waals surface area (Å²) in [5.41, 5.74) is 0. The van der Waals surface area contributed by atoms with Crippen LogP contribution in [0.4, 0.5) is 4.79 Å². The molecule has 0 aliphatic carbocycles. The van der Waals surface area contributed by atoms with Gasteiger partial charge < -0.3 is 15.2 Å². The second-order valence-electron chi connectivity index (χ2n) is 11.8. The van der Waals surface area contributed by atoms with Crippen molar-refractivity contribution in [3.8, 4) is 0 Å². The van der Waals surface area contributed by atoms with Crippen LogP contribution in [-0.2, 0) is 9.53 Å². The van der Waals surface area contributed by atoms with Gasteiger partial charge in [-0.05, 0) is 19.3 Å². The van der Waals surface area contributed by atoms with Gasteiger partial charge in [-0.1, -0.05) is 167 Å². The third-order valence-electron chi connectivity index (χ3n) is 7.82. The first-order chi connectivity index (χ1) is 19.2. The van der Waals surface area contributed by atoms with E-state index in [1.54, 1.807) is 0 Å². The maximum Gasteiger partial charge on any atom is 0.407 e. The summed E-state index contributed by atoms with van der Waals surface area (Å²) in [5, 5.41) is 11.5. The van der Waals surface area contributed by atoms with Gasteiger partial charge in [0.1, 0.15) is 0 Å². The SMILES string of the molecule is CCCCCCCCCCCCCCCCCCCCCCOC(=O)NCCCCCCCCCCC(=O)O. The zero-order chi connectivity index (χ0) is 28.5. The Hall–Kier alpha value is -1.26. The van der Waals surface area contributed by atoms with Crippen molar-refractivity contribution in [3.63, 3.8) is 0 Å². The smallest absolute Gasteiger partial charge is 0.407 e. The van der Waals surface area contributed by atoms with Crippen LogP contribution in [0.1, 0.15) is 193 Å². The lowest BCUT2D eigenvalue weighted by Gasteiger charge is -2.07. The summed E-state index contributed by atoms with van der Waals surface area (Å²) in [4.78, 5) is 22.2. The highest BCUT2D eigenvalue weighted by Crippen LogP contribution is 2.15. The quantitative estimate of drug-likeness (QED) is 0.0812. The van der Waals surface area contributed by atoms with Crippen LogP contribution < -0.4 is 5.32 Å². The van der Waals surface area contributed by atoms with Gasteiger partial charge in [0.2, 0.25) is 0 Å².